The molecule has 1 N–H and O–H groups in total. The number of hydrogen-bond acceptors (Lipinski definition) is 2. The molecule has 1 saturated heterocycles. The first-order valence-corrected chi connectivity index (χ1v) is 12.4. The van der Waals surface area contributed by atoms with Gasteiger partial charge in [0.15, 0.2) is 5.11 Å². The molecule has 3 heterocycles. The highest BCUT2D eigenvalue weighted by molar-refractivity contribution is 7.80. The van der Waals surface area contributed by atoms with Crippen LogP contribution in [-0.2, 0) is 0 Å². The Balaban J connectivity index is 1.47. The smallest absolute Gasteiger partial charge is 0.170 e. The van der Waals surface area contributed by atoms with E-state index < -0.39 is 0 Å². The lowest BCUT2D eigenvalue weighted by Crippen LogP contribution is -2.40. The first-order chi connectivity index (χ1) is 16.3. The standard InChI is InChI=1S/C28H28N4S/c33-28-30-26(24-13-6-7-17-29-24)27(32(28)22-11-2-1-3-12-22)25-14-8-18-31(25)23-16-15-20-9-4-5-10-21(20)19-23/h4-10,13-19,22,26-27H,1-3,11-12H2,(H,30,33). The third-order valence-corrected chi connectivity index (χ3v) is 7.53. The summed E-state index contributed by atoms with van der Waals surface area (Å²) in [7, 11) is 0. The molecule has 1 aliphatic carbocycles. The van der Waals surface area contributed by atoms with Gasteiger partial charge in [-0.3, -0.25) is 4.98 Å². The zero-order chi connectivity index (χ0) is 22.2. The topological polar surface area (TPSA) is 33.1 Å². The van der Waals surface area contributed by atoms with Gasteiger partial charge in [-0.15, -0.1) is 0 Å². The molecule has 6 rings (SSSR count). The molecule has 4 nitrogen and oxygen atoms in total. The highest BCUT2D eigenvalue weighted by Gasteiger charge is 2.44. The zero-order valence-electron chi connectivity index (χ0n) is 18.6. The van der Waals surface area contributed by atoms with Gasteiger partial charge < -0.3 is 14.8 Å². The van der Waals surface area contributed by atoms with Gasteiger partial charge in [-0.05, 0) is 72.2 Å². The van der Waals surface area contributed by atoms with Gasteiger partial charge in [-0.25, -0.2) is 0 Å². The predicted molar refractivity (Wildman–Crippen MR) is 137 cm³/mol. The first kappa shape index (κ1) is 20.4. The van der Waals surface area contributed by atoms with Gasteiger partial charge in [0.1, 0.15) is 0 Å². The molecule has 2 aromatic heterocycles. The van der Waals surface area contributed by atoms with Crippen molar-refractivity contribution in [1.82, 2.24) is 19.8 Å². The molecule has 0 amide bonds. The molecule has 2 aromatic carbocycles. The number of rotatable bonds is 4. The summed E-state index contributed by atoms with van der Waals surface area (Å²) in [5.41, 5.74) is 3.46. The average Bonchev–Trinajstić information content (AvgIpc) is 3.49. The van der Waals surface area contributed by atoms with Crippen molar-refractivity contribution in [3.8, 4) is 5.69 Å². The Bertz CT molecular complexity index is 1280. The Morgan fingerprint density at radius 2 is 1.67 bits per heavy atom. The van der Waals surface area contributed by atoms with Crippen LogP contribution in [0.2, 0.25) is 0 Å². The average molecular weight is 453 g/mol. The van der Waals surface area contributed by atoms with Crippen LogP contribution in [-0.4, -0.2) is 25.6 Å². The molecule has 0 bridgehead atoms. The summed E-state index contributed by atoms with van der Waals surface area (Å²) in [6, 6.07) is 26.4. The summed E-state index contributed by atoms with van der Waals surface area (Å²) in [6.45, 7) is 0. The van der Waals surface area contributed by atoms with E-state index in [9.17, 15) is 0 Å². The van der Waals surface area contributed by atoms with E-state index in [1.807, 2.05) is 12.3 Å². The van der Waals surface area contributed by atoms with Crippen molar-refractivity contribution < 1.29 is 0 Å². The van der Waals surface area contributed by atoms with Crippen molar-refractivity contribution in [2.24, 2.45) is 0 Å². The number of pyridine rings is 1. The van der Waals surface area contributed by atoms with Crippen LogP contribution in [0.3, 0.4) is 0 Å². The number of nitrogens with zero attached hydrogens (tertiary/aromatic N) is 3. The number of hydrogen-bond donors (Lipinski definition) is 1. The van der Waals surface area contributed by atoms with E-state index in [-0.39, 0.29) is 12.1 Å². The van der Waals surface area contributed by atoms with Crippen LogP contribution in [0.1, 0.15) is 55.6 Å². The molecule has 1 aliphatic heterocycles. The lowest BCUT2D eigenvalue weighted by Gasteiger charge is -2.37. The molecular weight excluding hydrogens is 424 g/mol. The summed E-state index contributed by atoms with van der Waals surface area (Å²) < 4.78 is 2.33. The number of fused-ring (bicyclic) bond motifs is 1. The van der Waals surface area contributed by atoms with Crippen LogP contribution >= 0.6 is 12.2 Å². The van der Waals surface area contributed by atoms with Crippen molar-refractivity contribution in [3.05, 3.63) is 96.6 Å². The molecule has 1 saturated carbocycles. The van der Waals surface area contributed by atoms with Gasteiger partial charge in [-0.2, -0.15) is 0 Å². The minimum Gasteiger partial charge on any atom is -0.352 e. The van der Waals surface area contributed by atoms with Gasteiger partial charge in [0.25, 0.3) is 0 Å². The lowest BCUT2D eigenvalue weighted by atomic mass is 9.92. The number of benzene rings is 2. The molecule has 4 aromatic rings. The second kappa shape index (κ2) is 8.64. The molecule has 33 heavy (non-hydrogen) atoms. The predicted octanol–water partition coefficient (Wildman–Crippen LogP) is 6.33. The summed E-state index contributed by atoms with van der Waals surface area (Å²) in [5.74, 6) is 0. The Labute approximate surface area is 200 Å². The van der Waals surface area contributed by atoms with Crippen LogP contribution in [0.4, 0.5) is 0 Å². The monoisotopic (exact) mass is 452 g/mol. The largest absolute Gasteiger partial charge is 0.352 e. The Morgan fingerprint density at radius 3 is 2.48 bits per heavy atom. The van der Waals surface area contributed by atoms with E-state index in [1.165, 1.54) is 54.3 Å². The molecule has 0 radical (unpaired) electrons. The zero-order valence-corrected chi connectivity index (χ0v) is 19.4. The SMILES string of the molecule is S=C1NC(c2ccccn2)C(c2cccn2-c2ccc3ccccc3c2)N1C1CCCCC1. The fourth-order valence-corrected chi connectivity index (χ4v) is 6.02. The molecule has 2 aliphatic rings. The summed E-state index contributed by atoms with van der Waals surface area (Å²) in [6.07, 6.45) is 10.3. The third-order valence-electron chi connectivity index (χ3n) is 7.20. The van der Waals surface area contributed by atoms with Crippen LogP contribution < -0.4 is 5.32 Å². The normalized spacial score (nSPS) is 21.5. The fourth-order valence-electron chi connectivity index (χ4n) is 5.63. The molecule has 2 unspecified atom stereocenters. The Morgan fingerprint density at radius 1 is 0.848 bits per heavy atom. The van der Waals surface area contributed by atoms with Crippen LogP contribution in [0.5, 0.6) is 0 Å². The third kappa shape index (κ3) is 3.70. The van der Waals surface area contributed by atoms with Crippen LogP contribution in [0.25, 0.3) is 16.5 Å². The van der Waals surface area contributed by atoms with Crippen molar-refractivity contribution in [2.45, 2.75) is 50.2 Å². The first-order valence-electron chi connectivity index (χ1n) is 12.0. The Kier molecular flexibility index (Phi) is 5.35. The minimum atomic E-state index is 0.0229. The number of aromatic nitrogens is 2. The molecule has 0 spiro atoms. The van der Waals surface area contributed by atoms with Crippen molar-refractivity contribution in [2.75, 3.05) is 0 Å². The molecule has 5 heteroatoms. The molecule has 166 valence electrons. The van der Waals surface area contributed by atoms with Gasteiger partial charge in [0.2, 0.25) is 0 Å². The Hall–Kier alpha value is -3.18. The maximum absolute atomic E-state index is 5.95. The van der Waals surface area contributed by atoms with Gasteiger partial charge in [0, 0.05) is 29.8 Å². The summed E-state index contributed by atoms with van der Waals surface area (Å²) in [4.78, 5) is 7.21. The van der Waals surface area contributed by atoms with Gasteiger partial charge in [0.05, 0.1) is 17.8 Å². The summed E-state index contributed by atoms with van der Waals surface area (Å²) >= 11 is 5.95. The highest BCUT2D eigenvalue weighted by Crippen LogP contribution is 2.43. The summed E-state index contributed by atoms with van der Waals surface area (Å²) in [5, 5.41) is 7.01. The maximum Gasteiger partial charge on any atom is 0.170 e. The highest BCUT2D eigenvalue weighted by atomic mass is 32.1. The van der Waals surface area contributed by atoms with E-state index in [0.717, 1.165) is 10.8 Å². The van der Waals surface area contributed by atoms with E-state index in [1.54, 1.807) is 0 Å². The van der Waals surface area contributed by atoms with Gasteiger partial charge >= 0.3 is 0 Å². The molecule has 2 atom stereocenters. The minimum absolute atomic E-state index is 0.0229. The maximum atomic E-state index is 5.95. The fraction of sp³-hybridized carbons (Fsp3) is 0.286. The van der Waals surface area contributed by atoms with Crippen LogP contribution in [0.15, 0.2) is 85.2 Å². The van der Waals surface area contributed by atoms with E-state index in [2.05, 4.69) is 87.7 Å². The number of thiocarbonyl (C=S) groups is 1. The second-order valence-electron chi connectivity index (χ2n) is 9.16. The lowest BCUT2D eigenvalue weighted by molar-refractivity contribution is 0.193. The number of nitrogens with one attached hydrogen (secondary N) is 1. The molecular formula is C28H28N4S. The van der Waals surface area contributed by atoms with Crippen molar-refractivity contribution in [1.29, 1.82) is 0 Å². The van der Waals surface area contributed by atoms with E-state index in [4.69, 9.17) is 17.2 Å². The van der Waals surface area contributed by atoms with Crippen molar-refractivity contribution >= 4 is 28.1 Å². The van der Waals surface area contributed by atoms with E-state index >= 15 is 0 Å². The van der Waals surface area contributed by atoms with Crippen molar-refractivity contribution in [3.63, 3.8) is 0 Å². The second-order valence-corrected chi connectivity index (χ2v) is 9.55. The molecule has 2 fully saturated rings. The quantitative estimate of drug-likeness (QED) is 0.367. The van der Waals surface area contributed by atoms with E-state index in [0.29, 0.717) is 6.04 Å². The van der Waals surface area contributed by atoms with Crippen LogP contribution in [0, 0.1) is 0 Å². The van der Waals surface area contributed by atoms with Gasteiger partial charge in [-0.1, -0.05) is 55.7 Å².